The number of rotatable bonds is 9. The number of aliphatic hydroxyl groups excluding tert-OH is 1. The van der Waals surface area contributed by atoms with E-state index in [-0.39, 0.29) is 5.33 Å². The van der Waals surface area contributed by atoms with E-state index in [4.69, 9.17) is 18.9 Å². The molecule has 10 heteroatoms. The predicted molar refractivity (Wildman–Crippen MR) is 83.1 cm³/mol. The van der Waals surface area contributed by atoms with E-state index in [1.54, 1.807) is 0 Å². The fraction of sp³-hybridized carbons (Fsp3) is 0.714. The van der Waals surface area contributed by atoms with Gasteiger partial charge >= 0.3 is 23.9 Å². The van der Waals surface area contributed by atoms with Crippen LogP contribution in [0.3, 0.4) is 0 Å². The zero-order valence-corrected chi connectivity index (χ0v) is 15.4. The van der Waals surface area contributed by atoms with Crippen LogP contribution in [0.2, 0.25) is 0 Å². The van der Waals surface area contributed by atoms with Crippen LogP contribution in [0.25, 0.3) is 0 Å². The standard InChI is InChI=1S/C14H21BrO9/c1-7(17)21-11(5-15)13(23-9(3)19)14(24-10(4)20)12(6-16)22-8(2)18/h11-14,16H,5-6H2,1-4H3/t11-,12+,13+,14-/m0/s1. The molecule has 24 heavy (non-hydrogen) atoms. The van der Waals surface area contributed by atoms with Gasteiger partial charge < -0.3 is 24.1 Å². The lowest BCUT2D eigenvalue weighted by atomic mass is 10.0. The van der Waals surface area contributed by atoms with Crippen molar-refractivity contribution in [3.63, 3.8) is 0 Å². The van der Waals surface area contributed by atoms with Crippen molar-refractivity contribution in [2.24, 2.45) is 0 Å². The van der Waals surface area contributed by atoms with Gasteiger partial charge in [-0.25, -0.2) is 0 Å². The van der Waals surface area contributed by atoms with E-state index in [1.165, 1.54) is 0 Å². The monoisotopic (exact) mass is 412 g/mol. The summed E-state index contributed by atoms with van der Waals surface area (Å²) in [7, 11) is 0. The molecule has 0 bridgehead atoms. The maximum Gasteiger partial charge on any atom is 0.303 e. The quantitative estimate of drug-likeness (QED) is 0.318. The summed E-state index contributed by atoms with van der Waals surface area (Å²) in [6.07, 6.45) is -5.03. The van der Waals surface area contributed by atoms with Gasteiger partial charge in [-0.3, -0.25) is 19.2 Å². The number of ether oxygens (including phenoxy) is 4. The minimum absolute atomic E-state index is 0.0422. The second kappa shape index (κ2) is 11.0. The second-order valence-corrected chi connectivity index (χ2v) is 5.43. The Labute approximate surface area is 147 Å². The Balaban J connectivity index is 5.74. The van der Waals surface area contributed by atoms with E-state index in [1.807, 2.05) is 0 Å². The Hall–Kier alpha value is -1.68. The van der Waals surface area contributed by atoms with Gasteiger partial charge in [0.25, 0.3) is 0 Å². The first-order chi connectivity index (χ1) is 11.1. The molecule has 0 aliphatic carbocycles. The number of aliphatic hydroxyl groups is 1. The summed E-state index contributed by atoms with van der Waals surface area (Å²) in [6.45, 7) is 3.75. The maximum absolute atomic E-state index is 11.4. The van der Waals surface area contributed by atoms with Gasteiger partial charge in [0.15, 0.2) is 24.4 Å². The molecule has 0 unspecified atom stereocenters. The van der Waals surface area contributed by atoms with Crippen molar-refractivity contribution in [3.8, 4) is 0 Å². The third-order valence-corrected chi connectivity index (χ3v) is 3.27. The summed E-state index contributed by atoms with van der Waals surface area (Å²) in [6, 6.07) is 0. The summed E-state index contributed by atoms with van der Waals surface area (Å²) >= 11 is 3.11. The molecule has 0 aromatic heterocycles. The number of esters is 4. The number of hydrogen-bond acceptors (Lipinski definition) is 9. The smallest absolute Gasteiger partial charge is 0.303 e. The average Bonchev–Trinajstić information content (AvgIpc) is 2.45. The van der Waals surface area contributed by atoms with Gasteiger partial charge in [0, 0.05) is 33.0 Å². The molecule has 1 N–H and O–H groups in total. The largest absolute Gasteiger partial charge is 0.458 e. The van der Waals surface area contributed by atoms with Crippen LogP contribution in [0.5, 0.6) is 0 Å². The zero-order valence-electron chi connectivity index (χ0n) is 13.8. The molecule has 0 fully saturated rings. The molecule has 4 atom stereocenters. The molecule has 0 amide bonds. The fourth-order valence-electron chi connectivity index (χ4n) is 1.91. The third-order valence-electron chi connectivity index (χ3n) is 2.63. The fourth-order valence-corrected chi connectivity index (χ4v) is 2.41. The van der Waals surface area contributed by atoms with Gasteiger partial charge in [-0.1, -0.05) is 15.9 Å². The van der Waals surface area contributed by atoms with Gasteiger partial charge in [-0.2, -0.15) is 0 Å². The van der Waals surface area contributed by atoms with Crippen LogP contribution in [-0.2, 0) is 38.1 Å². The van der Waals surface area contributed by atoms with Crippen LogP contribution < -0.4 is 0 Å². The molecule has 0 aromatic rings. The Morgan fingerprint density at radius 3 is 1.38 bits per heavy atom. The molecule has 138 valence electrons. The highest BCUT2D eigenvalue weighted by Crippen LogP contribution is 2.20. The van der Waals surface area contributed by atoms with Crippen molar-refractivity contribution < 1.29 is 43.2 Å². The van der Waals surface area contributed by atoms with Crippen LogP contribution in [-0.4, -0.2) is 65.3 Å². The Morgan fingerprint density at radius 1 is 0.750 bits per heavy atom. The van der Waals surface area contributed by atoms with Crippen LogP contribution in [0, 0.1) is 0 Å². The summed E-state index contributed by atoms with van der Waals surface area (Å²) in [4.78, 5) is 45.2. The van der Waals surface area contributed by atoms with Crippen LogP contribution in [0.15, 0.2) is 0 Å². The summed E-state index contributed by atoms with van der Waals surface area (Å²) < 4.78 is 20.1. The SMILES string of the molecule is CC(=O)O[C@H]([C@H](OC(C)=O)[C@H](CBr)OC(C)=O)[C@@H](CO)OC(C)=O. The lowest BCUT2D eigenvalue weighted by Crippen LogP contribution is -2.53. The van der Waals surface area contributed by atoms with Gasteiger partial charge in [0.05, 0.1) is 6.61 Å². The number of carbonyl (C=O) groups excluding carboxylic acids is 4. The third kappa shape index (κ3) is 8.25. The van der Waals surface area contributed by atoms with Gasteiger partial charge in [0.1, 0.15) is 0 Å². The molecular formula is C14H21BrO9. The Kier molecular flexibility index (Phi) is 10.2. The molecule has 0 saturated carbocycles. The summed E-state index contributed by atoms with van der Waals surface area (Å²) in [5, 5.41) is 9.49. The van der Waals surface area contributed by atoms with Crippen molar-refractivity contribution in [3.05, 3.63) is 0 Å². The molecule has 0 aliphatic rings. The van der Waals surface area contributed by atoms with E-state index < -0.39 is 54.9 Å². The van der Waals surface area contributed by atoms with Gasteiger partial charge in [-0.15, -0.1) is 0 Å². The van der Waals surface area contributed by atoms with Crippen molar-refractivity contribution in [1.29, 1.82) is 0 Å². The highest BCUT2D eigenvalue weighted by molar-refractivity contribution is 9.09. The number of alkyl halides is 1. The molecular weight excluding hydrogens is 392 g/mol. The van der Waals surface area contributed by atoms with Crippen molar-refractivity contribution >= 4 is 39.8 Å². The van der Waals surface area contributed by atoms with Gasteiger partial charge in [-0.05, 0) is 0 Å². The molecule has 9 nitrogen and oxygen atoms in total. The van der Waals surface area contributed by atoms with E-state index in [2.05, 4.69) is 15.9 Å². The second-order valence-electron chi connectivity index (χ2n) is 4.78. The van der Waals surface area contributed by atoms with E-state index in [0.717, 1.165) is 27.7 Å². The van der Waals surface area contributed by atoms with E-state index >= 15 is 0 Å². The van der Waals surface area contributed by atoms with E-state index in [9.17, 15) is 24.3 Å². The number of hydrogen-bond donors (Lipinski definition) is 1. The van der Waals surface area contributed by atoms with Gasteiger partial charge in [0.2, 0.25) is 0 Å². The first kappa shape index (κ1) is 22.3. The van der Waals surface area contributed by atoms with Crippen molar-refractivity contribution in [1.82, 2.24) is 0 Å². The number of carbonyl (C=O) groups is 4. The van der Waals surface area contributed by atoms with Crippen LogP contribution in [0.4, 0.5) is 0 Å². The van der Waals surface area contributed by atoms with Crippen LogP contribution >= 0.6 is 15.9 Å². The molecule has 0 radical (unpaired) electrons. The molecule has 0 saturated heterocycles. The average molecular weight is 413 g/mol. The minimum Gasteiger partial charge on any atom is -0.458 e. The normalized spacial score (nSPS) is 15.4. The zero-order chi connectivity index (χ0) is 18.9. The molecule has 0 rings (SSSR count). The molecule has 0 aromatic carbocycles. The lowest BCUT2D eigenvalue weighted by Gasteiger charge is -2.34. The maximum atomic E-state index is 11.4. The highest BCUT2D eigenvalue weighted by atomic mass is 79.9. The topological polar surface area (TPSA) is 125 Å². The van der Waals surface area contributed by atoms with E-state index in [0.29, 0.717) is 0 Å². The van der Waals surface area contributed by atoms with Crippen LogP contribution in [0.1, 0.15) is 27.7 Å². The Morgan fingerprint density at radius 2 is 1.08 bits per heavy atom. The molecule has 0 spiro atoms. The lowest BCUT2D eigenvalue weighted by molar-refractivity contribution is -0.198. The first-order valence-corrected chi connectivity index (χ1v) is 8.10. The highest BCUT2D eigenvalue weighted by Gasteiger charge is 2.42. The Bertz CT molecular complexity index is 423. The number of halogens is 1. The molecule has 0 heterocycles. The van der Waals surface area contributed by atoms with Crippen molar-refractivity contribution in [2.45, 2.75) is 52.1 Å². The predicted octanol–water partition coefficient (Wildman–Crippen LogP) is 0.100. The first-order valence-electron chi connectivity index (χ1n) is 6.98. The summed E-state index contributed by atoms with van der Waals surface area (Å²) in [5.41, 5.74) is 0. The minimum atomic E-state index is -1.37. The summed E-state index contributed by atoms with van der Waals surface area (Å²) in [5.74, 6) is -2.91. The van der Waals surface area contributed by atoms with Crippen molar-refractivity contribution in [2.75, 3.05) is 11.9 Å². The molecule has 0 aliphatic heterocycles.